The normalized spacial score (nSPS) is 10.6. The number of amides is 1. The van der Waals surface area contributed by atoms with Crippen LogP contribution < -0.4 is 0 Å². The number of aryl methyl sites for hydroxylation is 1. The highest BCUT2D eigenvalue weighted by Crippen LogP contribution is 2.21. The van der Waals surface area contributed by atoms with Crippen LogP contribution in [0.25, 0.3) is 0 Å². The van der Waals surface area contributed by atoms with E-state index in [4.69, 9.17) is 4.42 Å². The predicted octanol–water partition coefficient (Wildman–Crippen LogP) is 3.69. The molecule has 0 saturated heterocycles. The van der Waals surface area contributed by atoms with E-state index in [9.17, 15) is 4.79 Å². The Morgan fingerprint density at radius 1 is 1.56 bits per heavy atom. The van der Waals surface area contributed by atoms with E-state index >= 15 is 0 Å². The van der Waals surface area contributed by atoms with Crippen LogP contribution in [-0.4, -0.2) is 17.9 Å². The van der Waals surface area contributed by atoms with Gasteiger partial charge in [0.15, 0.2) is 0 Å². The maximum atomic E-state index is 11.9. The van der Waals surface area contributed by atoms with Gasteiger partial charge in [0, 0.05) is 34.6 Å². The Kier molecular flexibility index (Phi) is 4.60. The van der Waals surface area contributed by atoms with Crippen molar-refractivity contribution in [3.05, 3.63) is 45.0 Å². The topological polar surface area (TPSA) is 33.5 Å². The van der Waals surface area contributed by atoms with Crippen LogP contribution in [0.1, 0.15) is 17.1 Å². The molecular formula is C13H14BrNO2S. The largest absolute Gasteiger partial charge is 0.469 e. The Bertz CT molecular complexity index is 507. The summed E-state index contributed by atoms with van der Waals surface area (Å²) in [6, 6.07) is 5.78. The van der Waals surface area contributed by atoms with Crippen LogP contribution in [0.15, 0.2) is 38.7 Å². The van der Waals surface area contributed by atoms with E-state index in [1.807, 2.05) is 30.6 Å². The SMILES string of the molecule is CN(Cc1cc(Br)cs1)C(=O)CCc1ccco1. The quantitative estimate of drug-likeness (QED) is 0.839. The van der Waals surface area contributed by atoms with Gasteiger partial charge in [-0.25, -0.2) is 0 Å². The minimum absolute atomic E-state index is 0.135. The minimum atomic E-state index is 0.135. The summed E-state index contributed by atoms with van der Waals surface area (Å²) in [7, 11) is 1.83. The number of nitrogens with zero attached hydrogens (tertiary/aromatic N) is 1. The third kappa shape index (κ3) is 3.71. The van der Waals surface area contributed by atoms with Gasteiger partial charge < -0.3 is 9.32 Å². The number of halogens is 1. The maximum Gasteiger partial charge on any atom is 0.223 e. The van der Waals surface area contributed by atoms with E-state index in [1.165, 1.54) is 4.88 Å². The molecule has 0 fully saturated rings. The average molecular weight is 328 g/mol. The zero-order valence-corrected chi connectivity index (χ0v) is 12.5. The van der Waals surface area contributed by atoms with Crippen LogP contribution in [0, 0.1) is 0 Å². The first-order chi connectivity index (χ1) is 8.65. The fourth-order valence-electron chi connectivity index (χ4n) is 1.63. The van der Waals surface area contributed by atoms with Crippen molar-refractivity contribution in [2.75, 3.05) is 7.05 Å². The highest BCUT2D eigenvalue weighted by molar-refractivity contribution is 9.10. The van der Waals surface area contributed by atoms with Crippen LogP contribution >= 0.6 is 27.3 Å². The van der Waals surface area contributed by atoms with Crippen molar-refractivity contribution in [1.82, 2.24) is 4.90 Å². The van der Waals surface area contributed by atoms with Gasteiger partial charge in [-0.1, -0.05) is 0 Å². The van der Waals surface area contributed by atoms with Gasteiger partial charge in [-0.15, -0.1) is 11.3 Å². The molecule has 0 aliphatic carbocycles. The van der Waals surface area contributed by atoms with E-state index in [1.54, 1.807) is 22.5 Å². The predicted molar refractivity (Wildman–Crippen MR) is 75.5 cm³/mol. The van der Waals surface area contributed by atoms with Crippen LogP contribution in [0.3, 0.4) is 0 Å². The molecule has 0 unspecified atom stereocenters. The van der Waals surface area contributed by atoms with Crippen molar-refractivity contribution in [2.24, 2.45) is 0 Å². The van der Waals surface area contributed by atoms with Gasteiger partial charge in [-0.2, -0.15) is 0 Å². The Morgan fingerprint density at radius 2 is 2.39 bits per heavy atom. The molecule has 0 N–H and O–H groups in total. The van der Waals surface area contributed by atoms with Crippen molar-refractivity contribution >= 4 is 33.2 Å². The molecule has 2 aromatic rings. The summed E-state index contributed by atoms with van der Waals surface area (Å²) in [5.41, 5.74) is 0. The van der Waals surface area contributed by atoms with Crippen molar-refractivity contribution in [2.45, 2.75) is 19.4 Å². The molecule has 2 rings (SSSR count). The van der Waals surface area contributed by atoms with Gasteiger partial charge in [-0.05, 0) is 34.1 Å². The molecule has 0 spiro atoms. The van der Waals surface area contributed by atoms with Gasteiger partial charge in [-0.3, -0.25) is 4.79 Å². The zero-order chi connectivity index (χ0) is 13.0. The average Bonchev–Trinajstić information content (AvgIpc) is 2.97. The molecule has 1 amide bonds. The lowest BCUT2D eigenvalue weighted by Crippen LogP contribution is -2.25. The first kappa shape index (κ1) is 13.4. The standard InChI is InChI=1S/C13H14BrNO2S/c1-15(8-12-7-10(14)9-18-12)13(16)5-4-11-3-2-6-17-11/h2-3,6-7,9H,4-5,8H2,1H3. The number of carbonyl (C=O) groups excluding carboxylic acids is 1. The number of furan rings is 1. The smallest absolute Gasteiger partial charge is 0.223 e. The van der Waals surface area contributed by atoms with Gasteiger partial charge in [0.2, 0.25) is 5.91 Å². The molecule has 0 saturated carbocycles. The third-order valence-corrected chi connectivity index (χ3v) is 4.29. The van der Waals surface area contributed by atoms with Gasteiger partial charge in [0.05, 0.1) is 12.8 Å². The van der Waals surface area contributed by atoms with Crippen LogP contribution in [0.4, 0.5) is 0 Å². The summed E-state index contributed by atoms with van der Waals surface area (Å²) in [4.78, 5) is 14.9. The summed E-state index contributed by atoms with van der Waals surface area (Å²) >= 11 is 5.06. The van der Waals surface area contributed by atoms with E-state index in [0.717, 1.165) is 10.2 Å². The maximum absolute atomic E-state index is 11.9. The molecule has 0 aromatic carbocycles. The molecular weight excluding hydrogens is 314 g/mol. The van der Waals surface area contributed by atoms with E-state index in [2.05, 4.69) is 15.9 Å². The van der Waals surface area contributed by atoms with E-state index in [-0.39, 0.29) is 5.91 Å². The summed E-state index contributed by atoms with van der Waals surface area (Å²) in [5, 5.41) is 2.02. The summed E-state index contributed by atoms with van der Waals surface area (Å²) in [6.07, 6.45) is 2.77. The number of carbonyl (C=O) groups is 1. The minimum Gasteiger partial charge on any atom is -0.469 e. The molecule has 0 atom stereocenters. The van der Waals surface area contributed by atoms with Gasteiger partial charge >= 0.3 is 0 Å². The number of hydrogen-bond acceptors (Lipinski definition) is 3. The molecule has 0 aliphatic rings. The van der Waals surface area contributed by atoms with Crippen molar-refractivity contribution in [3.8, 4) is 0 Å². The van der Waals surface area contributed by atoms with Gasteiger partial charge in [0.1, 0.15) is 5.76 Å². The Morgan fingerprint density at radius 3 is 3.00 bits per heavy atom. The van der Waals surface area contributed by atoms with Crippen molar-refractivity contribution in [1.29, 1.82) is 0 Å². The number of hydrogen-bond donors (Lipinski definition) is 0. The molecule has 2 aromatic heterocycles. The second-order valence-corrected chi connectivity index (χ2v) is 5.97. The van der Waals surface area contributed by atoms with Crippen molar-refractivity contribution < 1.29 is 9.21 Å². The molecule has 0 bridgehead atoms. The lowest BCUT2D eigenvalue weighted by Gasteiger charge is -2.15. The highest BCUT2D eigenvalue weighted by Gasteiger charge is 2.11. The van der Waals surface area contributed by atoms with E-state index < -0.39 is 0 Å². The number of thiophene rings is 1. The monoisotopic (exact) mass is 327 g/mol. The van der Waals surface area contributed by atoms with E-state index in [0.29, 0.717) is 19.4 Å². The fraction of sp³-hybridized carbons (Fsp3) is 0.308. The Hall–Kier alpha value is -1.07. The second-order valence-electron chi connectivity index (χ2n) is 4.06. The lowest BCUT2D eigenvalue weighted by molar-refractivity contribution is -0.130. The first-order valence-corrected chi connectivity index (χ1v) is 7.31. The van der Waals surface area contributed by atoms with Gasteiger partial charge in [0.25, 0.3) is 0 Å². The Balaban J connectivity index is 1.81. The lowest BCUT2D eigenvalue weighted by atomic mass is 10.2. The second kappa shape index (κ2) is 6.20. The summed E-state index contributed by atoms with van der Waals surface area (Å²) < 4.78 is 6.28. The first-order valence-electron chi connectivity index (χ1n) is 5.64. The molecule has 3 nitrogen and oxygen atoms in total. The van der Waals surface area contributed by atoms with Crippen molar-refractivity contribution in [3.63, 3.8) is 0 Å². The summed E-state index contributed by atoms with van der Waals surface area (Å²) in [6.45, 7) is 0.660. The molecule has 0 radical (unpaired) electrons. The third-order valence-electron chi connectivity index (χ3n) is 2.61. The molecule has 2 heterocycles. The highest BCUT2D eigenvalue weighted by atomic mass is 79.9. The van der Waals surface area contributed by atoms with Crippen LogP contribution in [0.2, 0.25) is 0 Å². The molecule has 96 valence electrons. The summed E-state index contributed by atoms with van der Waals surface area (Å²) in [5.74, 6) is 0.992. The molecule has 5 heteroatoms. The van der Waals surface area contributed by atoms with Crippen LogP contribution in [0.5, 0.6) is 0 Å². The fourth-order valence-corrected chi connectivity index (χ4v) is 3.14. The molecule has 18 heavy (non-hydrogen) atoms. The van der Waals surface area contributed by atoms with Crippen LogP contribution in [-0.2, 0) is 17.8 Å². The molecule has 0 aliphatic heterocycles. The Labute approximate surface area is 119 Å². The zero-order valence-electron chi connectivity index (χ0n) is 10.1. The number of rotatable bonds is 5.